The van der Waals surface area contributed by atoms with Gasteiger partial charge in [0.25, 0.3) is 0 Å². The van der Waals surface area contributed by atoms with Gasteiger partial charge in [-0.1, -0.05) is 33.8 Å². The van der Waals surface area contributed by atoms with E-state index in [0.717, 1.165) is 35.5 Å². The molecule has 0 saturated heterocycles. The number of allylic oxidation sites excluding steroid dienone is 3. The Hall–Kier alpha value is -2.36. The fourth-order valence-corrected chi connectivity index (χ4v) is 2.15. The van der Waals surface area contributed by atoms with Gasteiger partial charge >= 0.3 is 0 Å². The van der Waals surface area contributed by atoms with Crippen LogP contribution in [-0.4, -0.2) is 24.9 Å². The van der Waals surface area contributed by atoms with E-state index in [4.69, 9.17) is 0 Å². The van der Waals surface area contributed by atoms with Crippen LogP contribution in [-0.2, 0) is 4.79 Å². The quantitative estimate of drug-likeness (QED) is 0.645. The number of aryl methyl sites for hydroxylation is 1. The number of carbonyl (C=O) groups is 1. The normalized spacial score (nSPS) is 13.0. The van der Waals surface area contributed by atoms with E-state index >= 15 is 0 Å². The van der Waals surface area contributed by atoms with Crippen molar-refractivity contribution >= 4 is 17.9 Å². The summed E-state index contributed by atoms with van der Waals surface area (Å²) in [7, 11) is 1.88. The van der Waals surface area contributed by atoms with E-state index in [1.54, 1.807) is 13.1 Å². The van der Waals surface area contributed by atoms with E-state index < -0.39 is 0 Å². The molecule has 1 aromatic rings. The Morgan fingerprint density at radius 3 is 2.42 bits per heavy atom. The van der Waals surface area contributed by atoms with E-state index in [-0.39, 0.29) is 0 Å². The van der Waals surface area contributed by atoms with Gasteiger partial charge in [0, 0.05) is 31.0 Å². The molecular weight excluding hydrogens is 298 g/mol. The van der Waals surface area contributed by atoms with E-state index in [2.05, 4.69) is 21.7 Å². The number of hydrogen-bond donors (Lipinski definition) is 2. The molecule has 0 saturated carbocycles. The van der Waals surface area contributed by atoms with Crippen LogP contribution in [0, 0.1) is 6.92 Å². The Balaban J connectivity index is 0.00000123. The third-order valence-electron chi connectivity index (χ3n) is 3.28. The molecule has 1 aliphatic heterocycles. The number of pyridine rings is 1. The van der Waals surface area contributed by atoms with Crippen molar-refractivity contribution in [3.05, 3.63) is 52.6 Å². The van der Waals surface area contributed by atoms with E-state index in [1.165, 1.54) is 5.57 Å². The molecule has 0 aliphatic carbocycles. The summed E-state index contributed by atoms with van der Waals surface area (Å²) in [5.74, 6) is 1.00. The molecule has 0 atom stereocenters. The molecule has 0 aromatic carbocycles. The van der Waals surface area contributed by atoms with Crippen LogP contribution in [0.3, 0.4) is 0 Å². The van der Waals surface area contributed by atoms with Crippen molar-refractivity contribution < 1.29 is 4.79 Å². The van der Waals surface area contributed by atoms with Gasteiger partial charge in [-0.25, -0.2) is 0 Å². The number of aldehydes is 1. The number of rotatable bonds is 4. The van der Waals surface area contributed by atoms with Crippen LogP contribution >= 0.6 is 0 Å². The molecular formula is C20H31N3O. The van der Waals surface area contributed by atoms with Crippen LogP contribution in [0.1, 0.15) is 51.4 Å². The Kier molecular flexibility index (Phi) is 10.9. The van der Waals surface area contributed by atoms with Crippen molar-refractivity contribution in [3.63, 3.8) is 0 Å². The van der Waals surface area contributed by atoms with Gasteiger partial charge in [0.2, 0.25) is 0 Å². The highest BCUT2D eigenvalue weighted by atomic mass is 16.1. The molecule has 4 nitrogen and oxygen atoms in total. The summed E-state index contributed by atoms with van der Waals surface area (Å²) in [5.41, 5.74) is 4.91. The molecule has 0 amide bonds. The minimum absolute atomic E-state index is 0.693. The Labute approximate surface area is 146 Å². The summed E-state index contributed by atoms with van der Waals surface area (Å²) in [6.45, 7) is 12.5. The van der Waals surface area contributed by atoms with Crippen LogP contribution < -0.4 is 10.6 Å². The molecule has 0 bridgehead atoms. The van der Waals surface area contributed by atoms with Crippen LogP contribution in [0.5, 0.6) is 0 Å². The molecule has 2 heterocycles. The van der Waals surface area contributed by atoms with Crippen LogP contribution in [0.15, 0.2) is 35.8 Å². The number of nitrogens with zero attached hydrogens (tertiary/aromatic N) is 1. The van der Waals surface area contributed by atoms with Gasteiger partial charge in [0.05, 0.1) is 5.82 Å². The summed E-state index contributed by atoms with van der Waals surface area (Å²) in [6.07, 6.45) is 8.65. The number of aromatic nitrogens is 1. The lowest BCUT2D eigenvalue weighted by molar-refractivity contribution is -0.104. The number of hydrogen-bond acceptors (Lipinski definition) is 4. The highest BCUT2D eigenvalue weighted by Crippen LogP contribution is 2.24. The average Bonchev–Trinajstić information content (AvgIpc) is 2.66. The Morgan fingerprint density at radius 1 is 1.25 bits per heavy atom. The van der Waals surface area contributed by atoms with Crippen molar-refractivity contribution in [2.45, 2.75) is 41.5 Å². The summed E-state index contributed by atoms with van der Waals surface area (Å²) in [5, 5.41) is 6.38. The summed E-state index contributed by atoms with van der Waals surface area (Å²) in [4.78, 5) is 15.2. The van der Waals surface area contributed by atoms with E-state index in [9.17, 15) is 4.79 Å². The number of carbonyl (C=O) groups excluding carboxylic acids is 1. The van der Waals surface area contributed by atoms with Gasteiger partial charge in [-0.05, 0) is 48.8 Å². The van der Waals surface area contributed by atoms with Gasteiger partial charge in [0.15, 0.2) is 0 Å². The zero-order chi connectivity index (χ0) is 18.5. The van der Waals surface area contributed by atoms with E-state index in [0.29, 0.717) is 5.57 Å². The molecule has 2 N–H and O–H groups in total. The molecule has 24 heavy (non-hydrogen) atoms. The standard InChI is InChI=1S/C16H19N3O.2C2H6/c1-11(10-20)8-15-12(2)18-7-6-14(15)13-4-5-16(17-3)19-9-13;2*1-2/h4-8,10,17,19H,9H2,1-3H3;2*1-2H3/b11-8+;;. The molecule has 1 aliphatic rings. The van der Waals surface area contributed by atoms with Gasteiger partial charge in [-0.2, -0.15) is 0 Å². The summed E-state index contributed by atoms with van der Waals surface area (Å²) < 4.78 is 0. The van der Waals surface area contributed by atoms with Gasteiger partial charge < -0.3 is 10.6 Å². The predicted molar refractivity (Wildman–Crippen MR) is 105 cm³/mol. The molecule has 0 fully saturated rings. The Bertz CT molecular complexity index is 613. The minimum atomic E-state index is 0.693. The second kappa shape index (κ2) is 12.1. The van der Waals surface area contributed by atoms with Crippen molar-refractivity contribution in [1.82, 2.24) is 15.6 Å². The fourth-order valence-electron chi connectivity index (χ4n) is 2.15. The smallest absolute Gasteiger partial charge is 0.145 e. The maximum atomic E-state index is 10.9. The zero-order valence-corrected chi connectivity index (χ0v) is 16.0. The molecule has 0 unspecified atom stereocenters. The molecule has 4 heteroatoms. The van der Waals surface area contributed by atoms with Gasteiger partial charge in [0.1, 0.15) is 6.29 Å². The largest absolute Gasteiger partial charge is 0.375 e. The maximum absolute atomic E-state index is 10.9. The number of nitrogens with one attached hydrogen (secondary N) is 2. The third kappa shape index (κ3) is 6.03. The maximum Gasteiger partial charge on any atom is 0.145 e. The zero-order valence-electron chi connectivity index (χ0n) is 16.0. The first-order valence-electron chi connectivity index (χ1n) is 8.57. The monoisotopic (exact) mass is 329 g/mol. The van der Waals surface area contributed by atoms with Crippen molar-refractivity contribution in [2.24, 2.45) is 0 Å². The molecule has 2 rings (SSSR count). The highest BCUT2D eigenvalue weighted by Gasteiger charge is 2.12. The second-order valence-electron chi connectivity index (χ2n) is 4.74. The van der Waals surface area contributed by atoms with Crippen molar-refractivity contribution in [2.75, 3.05) is 13.6 Å². The SMILES string of the molecule is CC.CC.CNC1=CC=C(c2ccnc(C)c2/C=C(\C)C=O)CN1. The molecule has 132 valence electrons. The Morgan fingerprint density at radius 2 is 1.92 bits per heavy atom. The van der Waals surface area contributed by atoms with E-state index in [1.807, 2.05) is 59.9 Å². The lowest BCUT2D eigenvalue weighted by Crippen LogP contribution is -2.27. The lowest BCUT2D eigenvalue weighted by atomic mass is 9.96. The summed E-state index contributed by atoms with van der Waals surface area (Å²) in [6, 6.07) is 1.99. The minimum Gasteiger partial charge on any atom is -0.375 e. The lowest BCUT2D eigenvalue weighted by Gasteiger charge is -2.19. The second-order valence-corrected chi connectivity index (χ2v) is 4.74. The van der Waals surface area contributed by atoms with Crippen LogP contribution in [0.4, 0.5) is 0 Å². The topological polar surface area (TPSA) is 54.0 Å². The predicted octanol–water partition coefficient (Wildman–Crippen LogP) is 4.09. The van der Waals surface area contributed by atoms with Crippen LogP contribution in [0.25, 0.3) is 11.6 Å². The van der Waals surface area contributed by atoms with Crippen molar-refractivity contribution in [3.8, 4) is 0 Å². The molecule has 0 radical (unpaired) electrons. The van der Waals surface area contributed by atoms with Crippen molar-refractivity contribution in [1.29, 1.82) is 0 Å². The number of dihydropyridines is 1. The van der Waals surface area contributed by atoms with Gasteiger partial charge in [-0.3, -0.25) is 9.78 Å². The van der Waals surface area contributed by atoms with Crippen LogP contribution in [0.2, 0.25) is 0 Å². The first kappa shape index (κ1) is 21.6. The first-order chi connectivity index (χ1) is 11.7. The fraction of sp³-hybridized carbons (Fsp3) is 0.400. The highest BCUT2D eigenvalue weighted by molar-refractivity contribution is 5.85. The average molecular weight is 329 g/mol. The first-order valence-corrected chi connectivity index (χ1v) is 8.57. The molecule has 1 aromatic heterocycles. The van der Waals surface area contributed by atoms with Gasteiger partial charge in [-0.15, -0.1) is 0 Å². The molecule has 0 spiro atoms. The third-order valence-corrected chi connectivity index (χ3v) is 3.28. The summed E-state index contributed by atoms with van der Waals surface area (Å²) >= 11 is 0.